The van der Waals surface area contributed by atoms with Crippen LogP contribution in [-0.2, 0) is 12.7 Å². The van der Waals surface area contributed by atoms with Gasteiger partial charge in [-0.05, 0) is 18.1 Å². The molecule has 2 aromatic rings. The van der Waals surface area contributed by atoms with Crippen LogP contribution in [0.15, 0.2) is 30.3 Å². The number of hydrogen-bond acceptors (Lipinski definition) is 4. The van der Waals surface area contributed by atoms with E-state index in [0.29, 0.717) is 6.54 Å². The number of hydrogen-bond donors (Lipinski definition) is 2. The molecule has 0 aliphatic heterocycles. The van der Waals surface area contributed by atoms with Gasteiger partial charge >= 0.3 is 6.18 Å². The summed E-state index contributed by atoms with van der Waals surface area (Å²) >= 11 is 0. The van der Waals surface area contributed by atoms with Gasteiger partial charge in [0.1, 0.15) is 11.6 Å². The van der Waals surface area contributed by atoms with E-state index in [0.717, 1.165) is 11.1 Å². The van der Waals surface area contributed by atoms with Crippen LogP contribution in [0.1, 0.15) is 17.0 Å². The summed E-state index contributed by atoms with van der Waals surface area (Å²) in [6.07, 6.45) is -4.62. The number of nitrogens with one attached hydrogen (secondary N) is 1. The van der Waals surface area contributed by atoms with E-state index in [2.05, 4.69) is 15.3 Å². The summed E-state index contributed by atoms with van der Waals surface area (Å²) in [7, 11) is 0. The Morgan fingerprint density at radius 2 is 1.90 bits per heavy atom. The molecule has 1 aromatic carbocycles. The summed E-state index contributed by atoms with van der Waals surface area (Å²) in [5.74, 6) is -1.42. The second-order valence-electron chi connectivity index (χ2n) is 4.28. The molecule has 1 heterocycles. The van der Waals surface area contributed by atoms with Gasteiger partial charge in [-0.3, -0.25) is 0 Å². The topological polar surface area (TPSA) is 63.8 Å². The molecule has 7 heteroatoms. The van der Waals surface area contributed by atoms with Crippen LogP contribution >= 0.6 is 0 Å². The molecule has 0 spiro atoms. The number of anilines is 2. The molecule has 0 saturated carbocycles. The Morgan fingerprint density at radius 3 is 2.55 bits per heavy atom. The number of aryl methyl sites for hydroxylation is 1. The maximum atomic E-state index is 12.6. The minimum atomic E-state index is -4.62. The zero-order valence-electron chi connectivity index (χ0n) is 10.7. The van der Waals surface area contributed by atoms with Crippen molar-refractivity contribution in [2.45, 2.75) is 19.6 Å². The molecule has 0 bridgehead atoms. The van der Waals surface area contributed by atoms with Crippen molar-refractivity contribution in [3.63, 3.8) is 0 Å². The Bertz CT molecular complexity index is 611. The van der Waals surface area contributed by atoms with Crippen LogP contribution < -0.4 is 11.1 Å². The first kappa shape index (κ1) is 14.1. The fraction of sp³-hybridized carbons (Fsp3) is 0.231. The summed E-state index contributed by atoms with van der Waals surface area (Å²) in [4.78, 5) is 6.60. The summed E-state index contributed by atoms with van der Waals surface area (Å²) < 4.78 is 37.7. The predicted octanol–water partition coefficient (Wildman–Crippen LogP) is 3.00. The van der Waals surface area contributed by atoms with Crippen LogP contribution in [0.2, 0.25) is 0 Å². The normalized spacial score (nSPS) is 11.4. The maximum Gasteiger partial charge on any atom is 0.451 e. The molecule has 0 unspecified atom stereocenters. The standard InChI is InChI=1S/C13H13F3N4/c1-8-4-2-3-5-9(8)7-18-11-6-10(17)19-12(20-11)13(14,15)16/h2-6H,7H2,1H3,(H3,17,18,19,20). The van der Waals surface area contributed by atoms with Gasteiger partial charge < -0.3 is 11.1 Å². The van der Waals surface area contributed by atoms with Crippen molar-refractivity contribution < 1.29 is 13.2 Å². The van der Waals surface area contributed by atoms with Crippen LogP contribution in [0.5, 0.6) is 0 Å². The van der Waals surface area contributed by atoms with Crippen LogP contribution in [0.4, 0.5) is 24.8 Å². The minimum absolute atomic E-state index is 0.0491. The quantitative estimate of drug-likeness (QED) is 0.908. The average Bonchev–Trinajstić information content (AvgIpc) is 2.36. The lowest BCUT2D eigenvalue weighted by atomic mass is 10.1. The highest BCUT2D eigenvalue weighted by atomic mass is 19.4. The SMILES string of the molecule is Cc1ccccc1CNc1cc(N)nc(C(F)(F)F)n1. The van der Waals surface area contributed by atoms with Crippen molar-refractivity contribution in [3.05, 3.63) is 47.3 Å². The maximum absolute atomic E-state index is 12.6. The summed E-state index contributed by atoms with van der Waals surface area (Å²) in [6.45, 7) is 2.28. The molecular formula is C13H13F3N4. The van der Waals surface area contributed by atoms with Gasteiger partial charge in [0.15, 0.2) is 0 Å². The van der Waals surface area contributed by atoms with Gasteiger partial charge in [0.25, 0.3) is 0 Å². The Morgan fingerprint density at radius 1 is 1.20 bits per heavy atom. The number of alkyl halides is 3. The smallest absolute Gasteiger partial charge is 0.384 e. The van der Waals surface area contributed by atoms with E-state index >= 15 is 0 Å². The molecule has 20 heavy (non-hydrogen) atoms. The Labute approximate surface area is 113 Å². The second kappa shape index (κ2) is 5.36. The van der Waals surface area contributed by atoms with E-state index in [9.17, 15) is 13.2 Å². The number of halogens is 3. The van der Waals surface area contributed by atoms with Gasteiger partial charge in [-0.15, -0.1) is 0 Å². The first-order valence-electron chi connectivity index (χ1n) is 5.86. The fourth-order valence-corrected chi connectivity index (χ4v) is 1.68. The van der Waals surface area contributed by atoms with E-state index < -0.39 is 12.0 Å². The molecule has 2 rings (SSSR count). The van der Waals surface area contributed by atoms with Crippen LogP contribution in [0.3, 0.4) is 0 Å². The third-order valence-electron chi connectivity index (χ3n) is 2.72. The molecule has 0 atom stereocenters. The van der Waals surface area contributed by atoms with Crippen LogP contribution in [-0.4, -0.2) is 9.97 Å². The highest BCUT2D eigenvalue weighted by molar-refractivity contribution is 5.45. The van der Waals surface area contributed by atoms with Gasteiger partial charge in [0, 0.05) is 12.6 Å². The van der Waals surface area contributed by atoms with E-state index in [-0.39, 0.29) is 11.6 Å². The molecule has 0 radical (unpaired) electrons. The van der Waals surface area contributed by atoms with E-state index in [1.165, 1.54) is 6.07 Å². The van der Waals surface area contributed by atoms with Crippen LogP contribution in [0.25, 0.3) is 0 Å². The third-order valence-corrected chi connectivity index (χ3v) is 2.72. The van der Waals surface area contributed by atoms with E-state index in [4.69, 9.17) is 5.73 Å². The average molecular weight is 282 g/mol. The highest BCUT2D eigenvalue weighted by Crippen LogP contribution is 2.27. The monoisotopic (exact) mass is 282 g/mol. The summed E-state index contributed by atoms with van der Waals surface area (Å²) in [5.41, 5.74) is 7.37. The Hall–Kier alpha value is -2.31. The van der Waals surface area contributed by atoms with Crippen molar-refractivity contribution in [2.75, 3.05) is 11.1 Å². The zero-order valence-corrected chi connectivity index (χ0v) is 10.7. The van der Waals surface area contributed by atoms with Gasteiger partial charge in [-0.25, -0.2) is 9.97 Å². The first-order valence-corrected chi connectivity index (χ1v) is 5.86. The third kappa shape index (κ3) is 3.37. The molecule has 106 valence electrons. The molecule has 0 aliphatic rings. The number of nitrogens with zero attached hydrogens (tertiary/aromatic N) is 2. The number of aromatic nitrogens is 2. The van der Waals surface area contributed by atoms with Crippen molar-refractivity contribution in [1.82, 2.24) is 9.97 Å². The highest BCUT2D eigenvalue weighted by Gasteiger charge is 2.35. The predicted molar refractivity (Wildman–Crippen MR) is 70.0 cm³/mol. The Balaban J connectivity index is 2.18. The lowest BCUT2D eigenvalue weighted by molar-refractivity contribution is -0.144. The molecule has 0 aliphatic carbocycles. The van der Waals surface area contributed by atoms with Crippen LogP contribution in [0, 0.1) is 6.92 Å². The Kier molecular flexibility index (Phi) is 3.78. The van der Waals surface area contributed by atoms with Gasteiger partial charge in [0.05, 0.1) is 0 Å². The molecule has 0 fully saturated rings. The molecule has 4 nitrogen and oxygen atoms in total. The molecular weight excluding hydrogens is 269 g/mol. The summed E-state index contributed by atoms with van der Waals surface area (Å²) in [5, 5.41) is 2.82. The number of nitrogens with two attached hydrogens (primary N) is 1. The molecule has 0 amide bonds. The lowest BCUT2D eigenvalue weighted by Crippen LogP contribution is -2.14. The minimum Gasteiger partial charge on any atom is -0.384 e. The number of benzene rings is 1. The molecule has 1 aromatic heterocycles. The lowest BCUT2D eigenvalue weighted by Gasteiger charge is -2.11. The first-order chi connectivity index (χ1) is 9.36. The van der Waals surface area contributed by atoms with Gasteiger partial charge in [-0.2, -0.15) is 13.2 Å². The van der Waals surface area contributed by atoms with Crippen molar-refractivity contribution in [2.24, 2.45) is 0 Å². The number of nitrogen functional groups attached to an aromatic ring is 1. The zero-order chi connectivity index (χ0) is 14.8. The van der Waals surface area contributed by atoms with Crippen molar-refractivity contribution in [1.29, 1.82) is 0 Å². The van der Waals surface area contributed by atoms with Crippen molar-refractivity contribution in [3.8, 4) is 0 Å². The number of rotatable bonds is 3. The summed E-state index contributed by atoms with van der Waals surface area (Å²) in [6, 6.07) is 8.83. The largest absolute Gasteiger partial charge is 0.451 e. The fourth-order valence-electron chi connectivity index (χ4n) is 1.68. The second-order valence-corrected chi connectivity index (χ2v) is 4.28. The van der Waals surface area contributed by atoms with E-state index in [1.54, 1.807) is 0 Å². The van der Waals surface area contributed by atoms with Crippen molar-refractivity contribution >= 4 is 11.6 Å². The van der Waals surface area contributed by atoms with Gasteiger partial charge in [-0.1, -0.05) is 24.3 Å². The van der Waals surface area contributed by atoms with E-state index in [1.807, 2.05) is 31.2 Å². The molecule has 3 N–H and O–H groups in total. The molecule has 0 saturated heterocycles. The van der Waals surface area contributed by atoms with Gasteiger partial charge in [0.2, 0.25) is 5.82 Å².